The SMILES string of the molecule is CNCCn1cc(-c2cnc3ccc(-c4nc[nH]c4-c4cc(Cl)c(F)cc4F)cc3c2)cn1. The zero-order valence-corrected chi connectivity index (χ0v) is 18.4. The minimum absolute atomic E-state index is 0.148. The van der Waals surface area contributed by atoms with Crippen LogP contribution in [0.2, 0.25) is 5.02 Å². The first-order valence-electron chi connectivity index (χ1n) is 10.3. The highest BCUT2D eigenvalue weighted by Gasteiger charge is 2.17. The van der Waals surface area contributed by atoms with Crippen molar-refractivity contribution in [2.75, 3.05) is 13.6 Å². The molecule has 6 nitrogen and oxygen atoms in total. The van der Waals surface area contributed by atoms with E-state index in [0.717, 1.165) is 46.7 Å². The minimum Gasteiger partial charge on any atom is -0.344 e. The number of benzene rings is 2. The molecule has 33 heavy (non-hydrogen) atoms. The fourth-order valence-corrected chi connectivity index (χ4v) is 3.89. The molecule has 0 saturated carbocycles. The first-order valence-corrected chi connectivity index (χ1v) is 10.7. The van der Waals surface area contributed by atoms with Gasteiger partial charge in [0.1, 0.15) is 11.6 Å². The molecule has 0 aliphatic rings. The lowest BCUT2D eigenvalue weighted by Gasteiger charge is -2.08. The van der Waals surface area contributed by atoms with E-state index < -0.39 is 11.6 Å². The first kappa shape index (κ1) is 21.2. The van der Waals surface area contributed by atoms with E-state index in [2.05, 4.69) is 25.4 Å². The summed E-state index contributed by atoms with van der Waals surface area (Å²) in [5.74, 6) is -1.53. The molecular formula is C24H19ClF2N6. The van der Waals surface area contributed by atoms with Crippen molar-refractivity contribution < 1.29 is 8.78 Å². The third-order valence-electron chi connectivity index (χ3n) is 5.43. The Morgan fingerprint density at radius 2 is 1.85 bits per heavy atom. The third kappa shape index (κ3) is 4.10. The predicted octanol–water partition coefficient (Wildman–Crippen LogP) is 5.31. The molecule has 5 rings (SSSR count). The maximum Gasteiger partial charge on any atom is 0.144 e. The molecule has 9 heteroatoms. The topological polar surface area (TPSA) is 71.4 Å². The third-order valence-corrected chi connectivity index (χ3v) is 5.72. The van der Waals surface area contributed by atoms with E-state index in [1.54, 1.807) is 0 Å². The molecule has 0 fully saturated rings. The maximum absolute atomic E-state index is 14.5. The summed E-state index contributed by atoms with van der Waals surface area (Å²) in [5, 5.41) is 8.24. The molecule has 0 saturated heterocycles. The van der Waals surface area contributed by atoms with Gasteiger partial charge >= 0.3 is 0 Å². The Labute approximate surface area is 193 Å². The van der Waals surface area contributed by atoms with E-state index in [1.165, 1.54) is 12.4 Å². The quantitative estimate of drug-likeness (QED) is 0.334. The average molecular weight is 465 g/mol. The summed E-state index contributed by atoms with van der Waals surface area (Å²) in [6.45, 7) is 1.60. The summed E-state index contributed by atoms with van der Waals surface area (Å²) in [4.78, 5) is 11.9. The second-order valence-corrected chi connectivity index (χ2v) is 8.01. The van der Waals surface area contributed by atoms with Crippen LogP contribution in [0.1, 0.15) is 0 Å². The van der Waals surface area contributed by atoms with Gasteiger partial charge in [-0.1, -0.05) is 17.7 Å². The monoisotopic (exact) mass is 464 g/mol. The highest BCUT2D eigenvalue weighted by atomic mass is 35.5. The number of rotatable bonds is 6. The Morgan fingerprint density at radius 1 is 1.00 bits per heavy atom. The van der Waals surface area contributed by atoms with E-state index in [4.69, 9.17) is 11.6 Å². The normalized spacial score (nSPS) is 11.4. The molecule has 2 aromatic carbocycles. The highest BCUT2D eigenvalue weighted by Crippen LogP contribution is 2.34. The molecule has 2 N–H and O–H groups in total. The van der Waals surface area contributed by atoms with Crippen LogP contribution in [0.4, 0.5) is 8.78 Å². The molecule has 0 aliphatic carbocycles. The van der Waals surface area contributed by atoms with Crippen LogP contribution in [0.3, 0.4) is 0 Å². The molecular weight excluding hydrogens is 446 g/mol. The van der Waals surface area contributed by atoms with E-state index in [-0.39, 0.29) is 10.6 Å². The van der Waals surface area contributed by atoms with E-state index in [0.29, 0.717) is 11.4 Å². The van der Waals surface area contributed by atoms with Crippen molar-refractivity contribution >= 4 is 22.5 Å². The Morgan fingerprint density at radius 3 is 2.70 bits per heavy atom. The number of aromatic nitrogens is 5. The van der Waals surface area contributed by atoms with Gasteiger partial charge in [-0.3, -0.25) is 9.67 Å². The molecule has 0 spiro atoms. The Kier molecular flexibility index (Phi) is 5.62. The molecule has 0 aliphatic heterocycles. The van der Waals surface area contributed by atoms with Crippen LogP contribution < -0.4 is 5.32 Å². The van der Waals surface area contributed by atoms with Crippen molar-refractivity contribution in [3.05, 3.63) is 78.0 Å². The fourth-order valence-electron chi connectivity index (χ4n) is 3.73. The summed E-state index contributed by atoms with van der Waals surface area (Å²) >= 11 is 5.89. The average Bonchev–Trinajstić information content (AvgIpc) is 3.49. The number of halogens is 3. The Bertz CT molecular complexity index is 1460. The lowest BCUT2D eigenvalue weighted by atomic mass is 10.0. The number of hydrogen-bond donors (Lipinski definition) is 2. The summed E-state index contributed by atoms with van der Waals surface area (Å²) < 4.78 is 30.0. The van der Waals surface area contributed by atoms with Gasteiger partial charge in [0.2, 0.25) is 0 Å². The molecule has 3 aromatic heterocycles. The van der Waals surface area contributed by atoms with Crippen molar-refractivity contribution in [3.8, 4) is 33.6 Å². The van der Waals surface area contributed by atoms with Gasteiger partial charge in [0, 0.05) is 52.6 Å². The van der Waals surface area contributed by atoms with Crippen molar-refractivity contribution in [1.29, 1.82) is 0 Å². The maximum atomic E-state index is 14.5. The molecule has 0 radical (unpaired) electrons. The number of likely N-dealkylation sites (N-methyl/N-ethyl adjacent to an activating group) is 1. The number of imidazole rings is 1. The number of nitrogens with zero attached hydrogens (tertiary/aromatic N) is 4. The molecule has 0 bridgehead atoms. The van der Waals surface area contributed by atoms with Crippen LogP contribution >= 0.6 is 11.6 Å². The van der Waals surface area contributed by atoms with E-state index >= 15 is 0 Å². The largest absolute Gasteiger partial charge is 0.344 e. The molecule has 5 aromatic rings. The number of aromatic amines is 1. The highest BCUT2D eigenvalue weighted by molar-refractivity contribution is 6.31. The van der Waals surface area contributed by atoms with Gasteiger partial charge in [-0.15, -0.1) is 0 Å². The zero-order chi connectivity index (χ0) is 22.9. The second kappa shape index (κ2) is 8.73. The molecule has 0 unspecified atom stereocenters. The van der Waals surface area contributed by atoms with Gasteiger partial charge in [0.15, 0.2) is 0 Å². The fraction of sp³-hybridized carbons (Fsp3) is 0.125. The Hall–Kier alpha value is -3.62. The summed E-state index contributed by atoms with van der Waals surface area (Å²) in [7, 11) is 1.90. The van der Waals surface area contributed by atoms with Gasteiger partial charge < -0.3 is 10.3 Å². The van der Waals surface area contributed by atoms with Gasteiger partial charge in [-0.25, -0.2) is 13.8 Å². The smallest absolute Gasteiger partial charge is 0.144 e. The van der Waals surface area contributed by atoms with Gasteiger partial charge in [0.05, 0.1) is 41.0 Å². The van der Waals surface area contributed by atoms with E-state index in [9.17, 15) is 8.78 Å². The van der Waals surface area contributed by atoms with Gasteiger partial charge in [0.25, 0.3) is 0 Å². The number of hydrogen-bond acceptors (Lipinski definition) is 4. The van der Waals surface area contributed by atoms with Crippen molar-refractivity contribution in [3.63, 3.8) is 0 Å². The van der Waals surface area contributed by atoms with Gasteiger partial charge in [-0.05, 0) is 31.3 Å². The predicted molar refractivity (Wildman–Crippen MR) is 125 cm³/mol. The summed E-state index contributed by atoms with van der Waals surface area (Å²) in [6, 6.07) is 9.77. The van der Waals surface area contributed by atoms with Crippen LogP contribution in [0.5, 0.6) is 0 Å². The van der Waals surface area contributed by atoms with Crippen LogP contribution in [0, 0.1) is 11.6 Å². The number of fused-ring (bicyclic) bond motifs is 1. The number of nitrogens with one attached hydrogen (secondary N) is 2. The molecule has 3 heterocycles. The first-order chi connectivity index (χ1) is 16.0. The van der Waals surface area contributed by atoms with Crippen LogP contribution in [-0.2, 0) is 6.54 Å². The molecule has 0 amide bonds. The van der Waals surface area contributed by atoms with Crippen LogP contribution in [-0.4, -0.2) is 38.3 Å². The number of pyridine rings is 1. The van der Waals surface area contributed by atoms with E-state index in [1.807, 2.05) is 54.6 Å². The van der Waals surface area contributed by atoms with Gasteiger partial charge in [-0.2, -0.15) is 5.10 Å². The van der Waals surface area contributed by atoms with Crippen molar-refractivity contribution in [2.45, 2.75) is 6.54 Å². The zero-order valence-electron chi connectivity index (χ0n) is 17.6. The lowest BCUT2D eigenvalue weighted by Crippen LogP contribution is -2.14. The minimum atomic E-state index is -0.808. The lowest BCUT2D eigenvalue weighted by molar-refractivity contribution is 0.585. The second-order valence-electron chi connectivity index (χ2n) is 7.60. The summed E-state index contributed by atoms with van der Waals surface area (Å²) in [6.07, 6.45) is 7.09. The number of H-pyrrole nitrogens is 1. The summed E-state index contributed by atoms with van der Waals surface area (Å²) in [5.41, 5.74) is 4.59. The molecule has 0 atom stereocenters. The van der Waals surface area contributed by atoms with Crippen molar-refractivity contribution in [2.24, 2.45) is 0 Å². The molecule has 166 valence electrons. The van der Waals surface area contributed by atoms with Crippen LogP contribution in [0.25, 0.3) is 44.5 Å². The Balaban J connectivity index is 1.54. The van der Waals surface area contributed by atoms with Crippen LogP contribution in [0.15, 0.2) is 61.3 Å². The standard InChI is InChI=1S/C24H19ClF2N6/c1-28-4-5-33-12-17(11-32-33)16-7-15-6-14(2-3-22(15)29-10-16)23-24(31-13-30-23)18-8-19(25)21(27)9-20(18)26/h2-3,6-13,28H,4-5H2,1H3,(H,30,31). The van der Waals surface area contributed by atoms with Crippen molar-refractivity contribution in [1.82, 2.24) is 30.0 Å².